The maximum absolute atomic E-state index is 6.42. The van der Waals surface area contributed by atoms with Crippen LogP contribution in [-0.4, -0.2) is 14.2 Å². The molecule has 0 amide bonds. The monoisotopic (exact) mass is 240 g/mol. The summed E-state index contributed by atoms with van der Waals surface area (Å²) in [6.07, 6.45) is 0. The number of hydrogen-bond donors (Lipinski definition) is 0. The number of ether oxygens (including phenoxy) is 2. The topological polar surface area (TPSA) is 18.5 Å². The number of halogens is 1. The van der Waals surface area contributed by atoms with Gasteiger partial charge in [0, 0.05) is 0 Å². The zero-order valence-corrected chi connectivity index (χ0v) is 10.8. The maximum atomic E-state index is 6.42. The molecule has 0 bridgehead atoms. The van der Waals surface area contributed by atoms with Gasteiger partial charge in [-0.2, -0.15) is 0 Å². The first-order chi connectivity index (χ1) is 7.60. The summed E-state index contributed by atoms with van der Waals surface area (Å²) in [5, 5.41) is 0.0739. The van der Waals surface area contributed by atoms with Gasteiger partial charge in [0.25, 0.3) is 0 Å². The van der Waals surface area contributed by atoms with Gasteiger partial charge in [-0.05, 0) is 35.1 Å². The Labute approximate surface area is 102 Å². The van der Waals surface area contributed by atoms with Gasteiger partial charge in [-0.15, -0.1) is 11.6 Å². The van der Waals surface area contributed by atoms with Crippen LogP contribution in [0.2, 0.25) is 0 Å². The molecule has 0 saturated heterocycles. The minimum atomic E-state index is 0.0739. The first-order valence-electron chi connectivity index (χ1n) is 5.50. The van der Waals surface area contributed by atoms with Gasteiger partial charge in [-0.25, -0.2) is 0 Å². The third kappa shape index (κ3) is 1.56. The van der Waals surface area contributed by atoms with Crippen molar-refractivity contribution >= 4 is 11.6 Å². The zero-order chi connectivity index (χ0) is 11.9. The van der Waals surface area contributed by atoms with E-state index in [1.165, 1.54) is 11.1 Å². The molecule has 0 radical (unpaired) electrons. The van der Waals surface area contributed by atoms with Crippen LogP contribution in [-0.2, 0) is 0 Å². The van der Waals surface area contributed by atoms with Crippen molar-refractivity contribution in [2.24, 2.45) is 5.92 Å². The first-order valence-corrected chi connectivity index (χ1v) is 5.93. The lowest BCUT2D eigenvalue weighted by Crippen LogP contribution is -2.00. The molecule has 16 heavy (non-hydrogen) atoms. The average molecular weight is 241 g/mol. The van der Waals surface area contributed by atoms with E-state index in [4.69, 9.17) is 21.1 Å². The van der Waals surface area contributed by atoms with Crippen LogP contribution >= 0.6 is 11.6 Å². The molecule has 1 aromatic rings. The van der Waals surface area contributed by atoms with Crippen LogP contribution in [0.5, 0.6) is 11.5 Å². The van der Waals surface area contributed by atoms with E-state index in [1.807, 2.05) is 6.07 Å². The lowest BCUT2D eigenvalue weighted by Gasteiger charge is -2.12. The number of benzene rings is 1. The van der Waals surface area contributed by atoms with Crippen molar-refractivity contribution in [2.75, 3.05) is 14.2 Å². The number of rotatable bonds is 2. The predicted molar refractivity (Wildman–Crippen MR) is 65.7 cm³/mol. The van der Waals surface area contributed by atoms with Crippen LogP contribution in [0.4, 0.5) is 0 Å². The Bertz CT molecular complexity index is 366. The molecule has 1 aliphatic carbocycles. The van der Waals surface area contributed by atoms with Gasteiger partial charge in [-0.1, -0.05) is 13.8 Å². The molecule has 0 heterocycles. The second kappa shape index (κ2) is 4.17. The van der Waals surface area contributed by atoms with Crippen molar-refractivity contribution in [3.63, 3.8) is 0 Å². The van der Waals surface area contributed by atoms with Gasteiger partial charge in [0.15, 0.2) is 11.5 Å². The summed E-state index contributed by atoms with van der Waals surface area (Å²) in [4.78, 5) is 0. The van der Waals surface area contributed by atoms with Crippen molar-refractivity contribution in [3.8, 4) is 11.5 Å². The molecule has 3 atom stereocenters. The molecule has 1 aliphatic rings. The normalized spacial score (nSPS) is 27.7. The Balaban J connectivity index is 2.55. The quantitative estimate of drug-likeness (QED) is 0.734. The van der Waals surface area contributed by atoms with Gasteiger partial charge in [0.2, 0.25) is 0 Å². The minimum absolute atomic E-state index is 0.0739. The van der Waals surface area contributed by atoms with Gasteiger partial charge < -0.3 is 9.47 Å². The predicted octanol–water partition coefficient (Wildman–Crippen LogP) is 3.74. The van der Waals surface area contributed by atoms with Gasteiger partial charge in [0.1, 0.15) is 0 Å². The van der Waals surface area contributed by atoms with Crippen molar-refractivity contribution in [1.29, 1.82) is 0 Å². The number of fused-ring (bicyclic) bond motifs is 1. The molecule has 3 unspecified atom stereocenters. The third-order valence-corrected chi connectivity index (χ3v) is 4.26. The van der Waals surface area contributed by atoms with Crippen molar-refractivity contribution in [3.05, 3.63) is 23.3 Å². The Kier molecular flexibility index (Phi) is 3.02. The Morgan fingerprint density at radius 3 is 2.00 bits per heavy atom. The van der Waals surface area contributed by atoms with Gasteiger partial charge >= 0.3 is 0 Å². The summed E-state index contributed by atoms with van der Waals surface area (Å²) in [5.74, 6) is 2.46. The van der Waals surface area contributed by atoms with Crippen LogP contribution in [0.3, 0.4) is 0 Å². The van der Waals surface area contributed by atoms with E-state index < -0.39 is 0 Å². The van der Waals surface area contributed by atoms with Crippen molar-refractivity contribution in [1.82, 2.24) is 0 Å². The molecule has 2 nitrogen and oxygen atoms in total. The lowest BCUT2D eigenvalue weighted by molar-refractivity contribution is 0.354. The SMILES string of the molecule is COc1cc2c(cc1OC)C(Cl)C(C)C2C. The van der Waals surface area contributed by atoms with E-state index >= 15 is 0 Å². The molecule has 2 rings (SSSR count). The Hall–Kier alpha value is -0.890. The molecule has 0 spiro atoms. The van der Waals surface area contributed by atoms with E-state index in [0.717, 1.165) is 11.5 Å². The fraction of sp³-hybridized carbons (Fsp3) is 0.538. The lowest BCUT2D eigenvalue weighted by atomic mass is 9.96. The largest absolute Gasteiger partial charge is 0.493 e. The number of methoxy groups -OCH3 is 2. The molecule has 0 aromatic heterocycles. The summed E-state index contributed by atoms with van der Waals surface area (Å²) < 4.78 is 10.6. The second-order valence-electron chi connectivity index (χ2n) is 4.39. The van der Waals surface area contributed by atoms with Gasteiger partial charge in [0.05, 0.1) is 19.6 Å². The standard InChI is InChI=1S/C13H17ClO2/c1-7-8(2)13(14)10-6-12(16-4)11(15-3)5-9(7)10/h5-8,13H,1-4H3. The highest BCUT2D eigenvalue weighted by Crippen LogP contribution is 2.51. The Morgan fingerprint density at radius 2 is 1.50 bits per heavy atom. The molecule has 0 aliphatic heterocycles. The average Bonchev–Trinajstić information content (AvgIpc) is 2.52. The molecule has 0 fully saturated rings. The van der Waals surface area contributed by atoms with E-state index in [1.54, 1.807) is 14.2 Å². The summed E-state index contributed by atoms with van der Waals surface area (Å²) >= 11 is 6.42. The molecule has 3 heteroatoms. The van der Waals surface area contributed by atoms with E-state index in [9.17, 15) is 0 Å². The van der Waals surface area contributed by atoms with E-state index in [0.29, 0.717) is 11.8 Å². The molecule has 88 valence electrons. The fourth-order valence-corrected chi connectivity index (χ4v) is 2.77. The highest BCUT2D eigenvalue weighted by molar-refractivity contribution is 6.21. The van der Waals surface area contributed by atoms with Crippen LogP contribution in [0.25, 0.3) is 0 Å². The zero-order valence-electron chi connectivity index (χ0n) is 10.1. The van der Waals surface area contributed by atoms with Gasteiger partial charge in [-0.3, -0.25) is 0 Å². The summed E-state index contributed by atoms with van der Waals surface area (Å²) in [7, 11) is 3.31. The fourth-order valence-electron chi connectivity index (χ4n) is 2.36. The van der Waals surface area contributed by atoms with Crippen molar-refractivity contribution in [2.45, 2.75) is 25.1 Å². The molecule has 1 aromatic carbocycles. The smallest absolute Gasteiger partial charge is 0.161 e. The van der Waals surface area contributed by atoms with Crippen molar-refractivity contribution < 1.29 is 9.47 Å². The summed E-state index contributed by atoms with van der Waals surface area (Å²) in [6, 6.07) is 4.06. The minimum Gasteiger partial charge on any atom is -0.493 e. The molecular formula is C13H17ClO2. The van der Waals surface area contributed by atoms with Crippen LogP contribution < -0.4 is 9.47 Å². The van der Waals surface area contributed by atoms with Crippen LogP contribution in [0.1, 0.15) is 36.3 Å². The summed E-state index contributed by atoms with van der Waals surface area (Å²) in [5.41, 5.74) is 2.46. The van der Waals surface area contributed by atoms with E-state index in [2.05, 4.69) is 19.9 Å². The number of alkyl halides is 1. The van der Waals surface area contributed by atoms with Crippen LogP contribution in [0, 0.1) is 5.92 Å². The van der Waals surface area contributed by atoms with E-state index in [-0.39, 0.29) is 5.38 Å². The molecule has 0 saturated carbocycles. The third-order valence-electron chi connectivity index (χ3n) is 3.63. The first kappa shape index (κ1) is 11.6. The highest BCUT2D eigenvalue weighted by Gasteiger charge is 2.35. The second-order valence-corrected chi connectivity index (χ2v) is 4.86. The Morgan fingerprint density at radius 1 is 1.00 bits per heavy atom. The maximum Gasteiger partial charge on any atom is 0.161 e. The molecule has 0 N–H and O–H groups in total. The van der Waals surface area contributed by atoms with Crippen LogP contribution in [0.15, 0.2) is 12.1 Å². The highest BCUT2D eigenvalue weighted by atomic mass is 35.5. The number of hydrogen-bond acceptors (Lipinski definition) is 2. The molecular weight excluding hydrogens is 224 g/mol. The summed E-state index contributed by atoms with van der Waals surface area (Å²) in [6.45, 7) is 4.39.